The van der Waals surface area contributed by atoms with Gasteiger partial charge >= 0.3 is 6.18 Å². The highest BCUT2D eigenvalue weighted by atomic mass is 32.1. The highest BCUT2D eigenvalue weighted by Gasteiger charge is 2.31. The molecule has 0 nitrogen and oxygen atoms in total. The van der Waals surface area contributed by atoms with Crippen molar-refractivity contribution in [3.8, 4) is 0 Å². The molecule has 0 amide bonds. The van der Waals surface area contributed by atoms with Crippen LogP contribution in [-0.4, -0.2) is 0 Å². The highest BCUT2D eigenvalue weighted by molar-refractivity contribution is 7.12. The normalized spacial score (nSPS) is 12.0. The Kier molecular flexibility index (Phi) is 1.72. The number of hydrogen-bond acceptors (Lipinski definition) is 1. The summed E-state index contributed by atoms with van der Waals surface area (Å²) in [6.07, 6.45) is -4.17. The first-order valence-corrected chi connectivity index (χ1v) is 3.45. The second kappa shape index (κ2) is 2.27. The van der Waals surface area contributed by atoms with Gasteiger partial charge in [-0.25, -0.2) is 0 Å². The van der Waals surface area contributed by atoms with E-state index in [9.17, 15) is 13.2 Å². The Morgan fingerprint density at radius 1 is 1.30 bits per heavy atom. The number of alkyl halides is 3. The van der Waals surface area contributed by atoms with Crippen LogP contribution in [0.5, 0.6) is 0 Å². The molecule has 0 aliphatic heterocycles. The van der Waals surface area contributed by atoms with Crippen molar-refractivity contribution in [3.05, 3.63) is 21.9 Å². The van der Waals surface area contributed by atoms with Gasteiger partial charge in [-0.1, -0.05) is 0 Å². The molecule has 0 atom stereocenters. The van der Waals surface area contributed by atoms with Gasteiger partial charge in [-0.15, -0.1) is 11.3 Å². The van der Waals surface area contributed by atoms with Crippen molar-refractivity contribution in [2.75, 3.05) is 0 Å². The van der Waals surface area contributed by atoms with E-state index in [0.717, 1.165) is 17.4 Å². The van der Waals surface area contributed by atoms with E-state index in [1.807, 2.05) is 0 Å². The lowest BCUT2D eigenvalue weighted by Gasteiger charge is -1.99. The summed E-state index contributed by atoms with van der Waals surface area (Å²) >= 11 is 0.770. The zero-order valence-corrected chi connectivity index (χ0v) is 6.01. The van der Waals surface area contributed by atoms with Crippen molar-refractivity contribution < 1.29 is 13.2 Å². The molecule has 4 heteroatoms. The van der Waals surface area contributed by atoms with Crippen molar-refractivity contribution in [1.29, 1.82) is 0 Å². The van der Waals surface area contributed by atoms with Crippen LogP contribution in [0.25, 0.3) is 0 Å². The fraction of sp³-hybridized carbons (Fsp3) is 0.333. The summed E-state index contributed by atoms with van der Waals surface area (Å²) < 4.78 is 35.4. The quantitative estimate of drug-likeness (QED) is 0.554. The maximum atomic E-state index is 11.8. The Balaban J connectivity index is 2.96. The second-order valence-corrected chi connectivity index (χ2v) is 3.20. The summed E-state index contributed by atoms with van der Waals surface area (Å²) in [5.74, 6) is 0. The molecular formula is C6H5F3S. The molecule has 0 saturated heterocycles. The predicted octanol–water partition coefficient (Wildman–Crippen LogP) is 3.08. The van der Waals surface area contributed by atoms with Crippen molar-refractivity contribution in [3.63, 3.8) is 0 Å². The third-order valence-corrected chi connectivity index (χ3v) is 2.07. The lowest BCUT2D eigenvalue weighted by atomic mass is 10.4. The molecule has 0 bridgehead atoms. The van der Waals surface area contributed by atoms with E-state index in [-0.39, 0.29) is 0 Å². The summed E-state index contributed by atoms with van der Waals surface area (Å²) in [5.41, 5.74) is 0. The van der Waals surface area contributed by atoms with Crippen LogP contribution in [0, 0.1) is 6.92 Å². The van der Waals surface area contributed by atoms with Crippen LogP contribution in [0.4, 0.5) is 13.2 Å². The summed E-state index contributed by atoms with van der Waals surface area (Å²) in [6, 6.07) is 2.56. The minimum Gasteiger partial charge on any atom is -0.165 e. The van der Waals surface area contributed by atoms with Crippen LogP contribution in [-0.2, 0) is 6.18 Å². The summed E-state index contributed by atoms with van der Waals surface area (Å²) in [6.45, 7) is 1.65. The Bertz CT molecular complexity index is 223. The largest absolute Gasteiger partial charge is 0.425 e. The van der Waals surface area contributed by atoms with Crippen LogP contribution in [0.15, 0.2) is 12.1 Å². The van der Waals surface area contributed by atoms with Crippen LogP contribution in [0.2, 0.25) is 0 Å². The van der Waals surface area contributed by atoms with E-state index >= 15 is 0 Å². The molecule has 0 aliphatic carbocycles. The molecule has 1 rings (SSSR count). The zero-order chi connectivity index (χ0) is 7.78. The third kappa shape index (κ3) is 1.50. The van der Waals surface area contributed by atoms with E-state index in [1.54, 1.807) is 6.92 Å². The van der Waals surface area contributed by atoms with Crippen LogP contribution in [0.3, 0.4) is 0 Å². The van der Waals surface area contributed by atoms with E-state index in [0.29, 0.717) is 4.88 Å². The number of thiophene rings is 1. The lowest BCUT2D eigenvalue weighted by Crippen LogP contribution is -2.00. The van der Waals surface area contributed by atoms with Crippen molar-refractivity contribution in [1.82, 2.24) is 0 Å². The molecule has 0 aliphatic rings. The molecule has 0 radical (unpaired) electrons. The monoisotopic (exact) mass is 165 g/mol. The van der Waals surface area contributed by atoms with Gasteiger partial charge in [0.25, 0.3) is 0 Å². The smallest absolute Gasteiger partial charge is 0.165 e. The van der Waals surface area contributed by atoms with Gasteiger partial charge < -0.3 is 0 Å². The van der Waals surface area contributed by atoms with Crippen molar-refractivity contribution >= 4 is 11.3 Å². The van der Waals surface area contributed by atoms with Gasteiger partial charge in [0, 0.05) is 4.88 Å². The van der Waals surface area contributed by atoms with Crippen LogP contribution in [0.1, 0.15) is 9.75 Å². The zero-order valence-electron chi connectivity index (χ0n) is 5.20. The SMILES string of the molecule is Cc1ccc(C(F)(F)[18F])s1. The second-order valence-electron chi connectivity index (χ2n) is 1.91. The van der Waals surface area contributed by atoms with Gasteiger partial charge in [0.1, 0.15) is 4.88 Å². The lowest BCUT2D eigenvalue weighted by molar-refractivity contribution is -0.134. The summed E-state index contributed by atoms with van der Waals surface area (Å²) in [5, 5.41) is 0. The van der Waals surface area contributed by atoms with Gasteiger partial charge in [0.15, 0.2) is 0 Å². The average Bonchev–Trinajstić information content (AvgIpc) is 2.11. The minimum absolute atomic E-state index is 0.523. The molecule has 0 N–H and O–H groups in total. The maximum absolute atomic E-state index is 11.8. The van der Waals surface area contributed by atoms with Crippen molar-refractivity contribution in [2.45, 2.75) is 13.1 Å². The van der Waals surface area contributed by atoms with Crippen molar-refractivity contribution in [2.24, 2.45) is 0 Å². The Morgan fingerprint density at radius 3 is 2.10 bits per heavy atom. The van der Waals surface area contributed by atoms with E-state index < -0.39 is 11.1 Å². The predicted molar refractivity (Wildman–Crippen MR) is 34.1 cm³/mol. The first kappa shape index (κ1) is 7.60. The molecule has 0 aromatic carbocycles. The topological polar surface area (TPSA) is 0 Å². The maximum Gasteiger partial charge on any atom is 0.425 e. The van der Waals surface area contributed by atoms with E-state index in [2.05, 4.69) is 0 Å². The molecule has 0 fully saturated rings. The molecule has 56 valence electrons. The number of hydrogen-bond donors (Lipinski definition) is 0. The molecule has 10 heavy (non-hydrogen) atoms. The fourth-order valence-corrected chi connectivity index (χ4v) is 1.32. The van der Waals surface area contributed by atoms with Gasteiger partial charge in [-0.3, -0.25) is 0 Å². The number of rotatable bonds is 0. The van der Waals surface area contributed by atoms with Gasteiger partial charge in [0.2, 0.25) is 0 Å². The first-order chi connectivity index (χ1) is 4.50. The Labute approximate surface area is 60.3 Å². The molecular weight excluding hydrogens is 160 g/mol. The molecule has 1 aromatic heterocycles. The number of halogens is 3. The average molecular weight is 165 g/mol. The molecule has 1 heterocycles. The summed E-state index contributed by atoms with van der Waals surface area (Å²) in [7, 11) is 0. The van der Waals surface area contributed by atoms with E-state index in [4.69, 9.17) is 0 Å². The van der Waals surface area contributed by atoms with Crippen LogP contribution >= 0.6 is 11.3 Å². The van der Waals surface area contributed by atoms with E-state index in [1.165, 1.54) is 6.07 Å². The highest BCUT2D eigenvalue weighted by Crippen LogP contribution is 2.33. The Hall–Kier alpha value is -0.510. The fourth-order valence-electron chi connectivity index (χ4n) is 0.587. The van der Waals surface area contributed by atoms with Gasteiger partial charge in [0.05, 0.1) is 0 Å². The standard InChI is InChI=1S/C6H5F3S/c1-4-2-3-5(10-4)6(7,8)9/h2-3H,1H3/i7-1. The van der Waals surface area contributed by atoms with Gasteiger partial charge in [-0.2, -0.15) is 13.2 Å². The molecule has 1 aromatic rings. The first-order valence-electron chi connectivity index (χ1n) is 2.64. The van der Waals surface area contributed by atoms with Crippen LogP contribution < -0.4 is 0 Å². The third-order valence-electron chi connectivity index (χ3n) is 1.02. The molecule has 0 unspecified atom stereocenters. The number of aryl methyl sites for hydroxylation is 1. The molecule has 0 saturated carbocycles. The van der Waals surface area contributed by atoms with Gasteiger partial charge in [-0.05, 0) is 19.1 Å². The summed E-state index contributed by atoms with van der Waals surface area (Å²) in [4.78, 5) is 0.164. The minimum atomic E-state index is -4.17. The Morgan fingerprint density at radius 2 is 1.90 bits per heavy atom. The molecule has 0 spiro atoms.